The van der Waals surface area contributed by atoms with E-state index >= 15 is 0 Å². The van der Waals surface area contributed by atoms with Gasteiger partial charge in [0.2, 0.25) is 5.91 Å². The third-order valence-corrected chi connectivity index (χ3v) is 4.36. The van der Waals surface area contributed by atoms with Gasteiger partial charge in [0.25, 0.3) is 0 Å². The molecule has 0 unspecified atom stereocenters. The zero-order valence-electron chi connectivity index (χ0n) is 13.8. The van der Waals surface area contributed by atoms with Crippen LogP contribution in [0.5, 0.6) is 0 Å². The Labute approximate surface area is 129 Å². The highest BCUT2D eigenvalue weighted by Crippen LogP contribution is 2.32. The molecule has 5 nitrogen and oxygen atoms in total. The summed E-state index contributed by atoms with van der Waals surface area (Å²) in [5.41, 5.74) is 0.00598. The molecule has 1 fully saturated rings. The summed E-state index contributed by atoms with van der Waals surface area (Å²) in [5.74, 6) is -0.0285. The molecule has 5 heteroatoms. The van der Waals surface area contributed by atoms with Gasteiger partial charge in [-0.1, -0.05) is 25.3 Å². The number of rotatable bonds is 8. The second kappa shape index (κ2) is 9.18. The first-order valence-corrected chi connectivity index (χ1v) is 7.91. The molecule has 0 aromatic heterocycles. The summed E-state index contributed by atoms with van der Waals surface area (Å²) in [7, 11) is 6.00. The molecule has 0 heterocycles. The van der Waals surface area contributed by atoms with E-state index < -0.39 is 0 Å². The number of aliphatic hydroxyl groups is 1. The fraction of sp³-hybridized carbons (Fsp3) is 0.812. The third-order valence-electron chi connectivity index (χ3n) is 4.36. The van der Waals surface area contributed by atoms with Gasteiger partial charge in [-0.05, 0) is 34.0 Å². The minimum absolute atomic E-state index is 0.00598. The van der Waals surface area contributed by atoms with Crippen LogP contribution in [0.15, 0.2) is 12.2 Å². The summed E-state index contributed by atoms with van der Waals surface area (Å²) >= 11 is 0. The summed E-state index contributed by atoms with van der Waals surface area (Å²) < 4.78 is 0. The summed E-state index contributed by atoms with van der Waals surface area (Å²) in [5, 5.41) is 12.2. The van der Waals surface area contributed by atoms with Crippen LogP contribution in [0.4, 0.5) is 0 Å². The zero-order chi connectivity index (χ0) is 15.7. The molecular formula is C16H31N3O2. The van der Waals surface area contributed by atoms with Gasteiger partial charge in [0.05, 0.1) is 6.61 Å². The largest absolute Gasteiger partial charge is 0.395 e. The lowest BCUT2D eigenvalue weighted by Crippen LogP contribution is -2.55. The van der Waals surface area contributed by atoms with Crippen LogP contribution in [-0.4, -0.2) is 73.7 Å². The zero-order valence-corrected chi connectivity index (χ0v) is 13.8. The Morgan fingerprint density at radius 2 is 1.90 bits per heavy atom. The van der Waals surface area contributed by atoms with Gasteiger partial charge in [0.1, 0.15) is 0 Å². The second-order valence-corrected chi connectivity index (χ2v) is 6.31. The normalized spacial score (nSPS) is 18.6. The van der Waals surface area contributed by atoms with Crippen LogP contribution < -0.4 is 5.32 Å². The molecule has 122 valence electrons. The minimum atomic E-state index is -0.0285. The fourth-order valence-electron chi connectivity index (χ4n) is 2.97. The van der Waals surface area contributed by atoms with Gasteiger partial charge >= 0.3 is 0 Å². The smallest absolute Gasteiger partial charge is 0.243 e. The van der Waals surface area contributed by atoms with Crippen molar-refractivity contribution >= 4 is 5.91 Å². The first-order valence-electron chi connectivity index (χ1n) is 7.91. The van der Waals surface area contributed by atoms with E-state index in [9.17, 15) is 9.90 Å². The first kappa shape index (κ1) is 18.1. The SMILES string of the molecule is CN(C)C/C=C/C(=O)NCC1(N(C)CCO)CCCCC1. The Hall–Kier alpha value is -0.910. The number of aliphatic hydroxyl groups excluding tert-OH is 1. The molecule has 0 aromatic rings. The number of β-amino-alcohol motifs (C(OH)–C–C–N with tert-alkyl or cyclic N) is 1. The number of carbonyl (C=O) groups excluding carboxylic acids is 1. The number of hydrogen-bond donors (Lipinski definition) is 2. The number of amides is 1. The van der Waals surface area contributed by atoms with Gasteiger partial charge in [0, 0.05) is 31.2 Å². The molecule has 0 atom stereocenters. The molecule has 1 rings (SSSR count). The van der Waals surface area contributed by atoms with Crippen LogP contribution in [0.1, 0.15) is 32.1 Å². The highest BCUT2D eigenvalue weighted by molar-refractivity contribution is 5.87. The Kier molecular flexibility index (Phi) is 7.93. The van der Waals surface area contributed by atoms with Crippen molar-refractivity contribution in [3.63, 3.8) is 0 Å². The van der Waals surface area contributed by atoms with E-state index in [0.29, 0.717) is 13.1 Å². The van der Waals surface area contributed by atoms with Crippen LogP contribution in [0.3, 0.4) is 0 Å². The average Bonchev–Trinajstić information content (AvgIpc) is 2.46. The van der Waals surface area contributed by atoms with E-state index in [0.717, 1.165) is 19.4 Å². The molecule has 0 bridgehead atoms. The quantitative estimate of drug-likeness (QED) is 0.652. The lowest BCUT2D eigenvalue weighted by Gasteiger charge is -2.44. The topological polar surface area (TPSA) is 55.8 Å². The third kappa shape index (κ3) is 6.16. The maximum absolute atomic E-state index is 11.9. The lowest BCUT2D eigenvalue weighted by molar-refractivity contribution is -0.117. The predicted molar refractivity (Wildman–Crippen MR) is 86.2 cm³/mol. The molecule has 2 N–H and O–H groups in total. The highest BCUT2D eigenvalue weighted by Gasteiger charge is 2.35. The first-order chi connectivity index (χ1) is 10.00. The van der Waals surface area contributed by atoms with Gasteiger partial charge in [-0.25, -0.2) is 0 Å². The van der Waals surface area contributed by atoms with E-state index in [1.807, 2.05) is 25.1 Å². The molecule has 21 heavy (non-hydrogen) atoms. The molecule has 0 radical (unpaired) electrons. The Balaban J connectivity index is 2.53. The Bertz CT molecular complexity index is 336. The predicted octanol–water partition coefficient (Wildman–Crippen LogP) is 0.847. The standard InChI is InChI=1S/C16H31N3O2/c1-18(2)11-7-8-15(21)17-14-16(19(3)12-13-20)9-5-4-6-10-16/h7-8,20H,4-6,9-14H2,1-3H3,(H,17,21)/b8-7+. The van der Waals surface area contributed by atoms with Crippen molar-refractivity contribution in [2.24, 2.45) is 0 Å². The van der Waals surface area contributed by atoms with E-state index in [1.54, 1.807) is 6.08 Å². The second-order valence-electron chi connectivity index (χ2n) is 6.31. The van der Waals surface area contributed by atoms with E-state index in [4.69, 9.17) is 0 Å². The monoisotopic (exact) mass is 297 g/mol. The number of likely N-dealkylation sites (N-methyl/N-ethyl adjacent to an activating group) is 2. The van der Waals surface area contributed by atoms with Crippen molar-refractivity contribution < 1.29 is 9.90 Å². The van der Waals surface area contributed by atoms with Crippen LogP contribution in [0, 0.1) is 0 Å². The van der Waals surface area contributed by atoms with Crippen molar-refractivity contribution in [3.05, 3.63) is 12.2 Å². The molecule has 0 aromatic carbocycles. The number of nitrogens with zero attached hydrogens (tertiary/aromatic N) is 2. The van der Waals surface area contributed by atoms with Gasteiger partial charge in [-0.3, -0.25) is 9.69 Å². The Morgan fingerprint density at radius 3 is 2.48 bits per heavy atom. The van der Waals surface area contributed by atoms with Gasteiger partial charge in [0.15, 0.2) is 0 Å². The summed E-state index contributed by atoms with van der Waals surface area (Å²) in [6.07, 6.45) is 9.33. The van der Waals surface area contributed by atoms with Gasteiger partial charge < -0.3 is 15.3 Å². The number of hydrogen-bond acceptors (Lipinski definition) is 4. The van der Waals surface area contributed by atoms with E-state index in [1.165, 1.54) is 19.3 Å². The number of carbonyl (C=O) groups is 1. The maximum Gasteiger partial charge on any atom is 0.243 e. The van der Waals surface area contributed by atoms with E-state index in [-0.39, 0.29) is 18.1 Å². The van der Waals surface area contributed by atoms with Crippen LogP contribution in [-0.2, 0) is 4.79 Å². The van der Waals surface area contributed by atoms with Crippen molar-refractivity contribution in [1.82, 2.24) is 15.1 Å². The van der Waals surface area contributed by atoms with Crippen molar-refractivity contribution in [3.8, 4) is 0 Å². The molecule has 0 aliphatic heterocycles. The average molecular weight is 297 g/mol. The molecule has 1 aliphatic rings. The molecule has 0 spiro atoms. The summed E-state index contributed by atoms with van der Waals surface area (Å²) in [4.78, 5) is 16.1. The summed E-state index contributed by atoms with van der Waals surface area (Å²) in [6.45, 7) is 2.25. The van der Waals surface area contributed by atoms with Gasteiger partial charge in [-0.15, -0.1) is 0 Å². The van der Waals surface area contributed by atoms with Crippen LogP contribution in [0.25, 0.3) is 0 Å². The molecule has 1 aliphatic carbocycles. The van der Waals surface area contributed by atoms with E-state index in [2.05, 4.69) is 17.3 Å². The Morgan fingerprint density at radius 1 is 1.24 bits per heavy atom. The van der Waals surface area contributed by atoms with Crippen molar-refractivity contribution in [2.45, 2.75) is 37.6 Å². The molecule has 1 saturated carbocycles. The molecular weight excluding hydrogens is 266 g/mol. The van der Waals surface area contributed by atoms with Crippen LogP contribution in [0.2, 0.25) is 0 Å². The van der Waals surface area contributed by atoms with Crippen molar-refractivity contribution in [1.29, 1.82) is 0 Å². The molecule has 0 saturated heterocycles. The minimum Gasteiger partial charge on any atom is -0.395 e. The van der Waals surface area contributed by atoms with Crippen LogP contribution >= 0.6 is 0 Å². The van der Waals surface area contributed by atoms with Gasteiger partial charge in [-0.2, -0.15) is 0 Å². The molecule has 1 amide bonds. The summed E-state index contributed by atoms with van der Waals surface area (Å²) in [6, 6.07) is 0. The van der Waals surface area contributed by atoms with Crippen molar-refractivity contribution in [2.75, 3.05) is 47.4 Å². The lowest BCUT2D eigenvalue weighted by atomic mass is 9.80. The fourth-order valence-corrected chi connectivity index (χ4v) is 2.97. The number of nitrogens with one attached hydrogen (secondary N) is 1. The maximum atomic E-state index is 11.9. The highest BCUT2D eigenvalue weighted by atomic mass is 16.3.